The van der Waals surface area contributed by atoms with Crippen LogP contribution in [0.25, 0.3) is 11.1 Å². The van der Waals surface area contributed by atoms with Gasteiger partial charge in [0.05, 0.1) is 5.56 Å². The molecule has 2 atom stereocenters. The average Bonchev–Trinajstić information content (AvgIpc) is 2.83. The van der Waals surface area contributed by atoms with Crippen molar-refractivity contribution in [3.63, 3.8) is 0 Å². The number of thioether (sulfide) groups is 2. The fourth-order valence-corrected chi connectivity index (χ4v) is 5.08. The molecule has 4 N–H and O–H groups in total. The molecule has 0 saturated heterocycles. The molecule has 0 bridgehead atoms. The van der Waals surface area contributed by atoms with Crippen LogP contribution in [0.4, 0.5) is 8.78 Å². The van der Waals surface area contributed by atoms with Crippen molar-refractivity contribution >= 4 is 57.4 Å². The van der Waals surface area contributed by atoms with Crippen molar-refractivity contribution in [2.75, 3.05) is 11.5 Å². The Balaban J connectivity index is 2.26. The number of carbonyl (C=O) groups is 6. The van der Waals surface area contributed by atoms with Gasteiger partial charge in [0.15, 0.2) is 0 Å². The van der Waals surface area contributed by atoms with E-state index in [1.165, 1.54) is 38.1 Å². The predicted octanol–water partition coefficient (Wildman–Crippen LogP) is 2.18. The standard InChI is InChI=1S/C25H25F2N3O7S2/c1-12(31)29-20(23(28)34)10-39-25(36)21(30-13(2)32)11-38-24(35)18-8-15(4-7-22(18)37-14(3)33)17-6-5-16(26)9-19(17)27/h4-9,20-21H,10-11H2,1-3H3,(H2,28,34)(H,29,31)(H,30,32)/t20-,21-/m0/s1. The van der Waals surface area contributed by atoms with Crippen LogP contribution in [0.2, 0.25) is 0 Å². The van der Waals surface area contributed by atoms with Crippen molar-refractivity contribution in [1.29, 1.82) is 0 Å². The molecular formula is C25H25F2N3O7S2. The quantitative estimate of drug-likeness (QED) is 0.267. The smallest absolute Gasteiger partial charge is 0.308 e. The molecule has 39 heavy (non-hydrogen) atoms. The Bertz CT molecular complexity index is 1310. The molecule has 0 aliphatic rings. The first-order valence-electron chi connectivity index (χ1n) is 11.2. The van der Waals surface area contributed by atoms with E-state index in [2.05, 4.69) is 10.6 Å². The molecule has 0 aliphatic carbocycles. The largest absolute Gasteiger partial charge is 0.426 e. The molecule has 0 aliphatic heterocycles. The maximum absolute atomic E-state index is 14.3. The number of halogens is 2. The normalized spacial score (nSPS) is 12.1. The average molecular weight is 582 g/mol. The molecule has 2 rings (SSSR count). The third-order valence-electron chi connectivity index (χ3n) is 4.85. The summed E-state index contributed by atoms with van der Waals surface area (Å²) in [4.78, 5) is 71.9. The van der Waals surface area contributed by atoms with E-state index in [4.69, 9.17) is 10.5 Å². The van der Waals surface area contributed by atoms with Crippen molar-refractivity contribution in [3.8, 4) is 16.9 Å². The van der Waals surface area contributed by atoms with Gasteiger partial charge in [0.2, 0.25) is 28.0 Å². The molecule has 0 spiro atoms. The Morgan fingerprint density at radius 1 is 0.872 bits per heavy atom. The first kappa shape index (κ1) is 31.4. The van der Waals surface area contributed by atoms with Gasteiger partial charge in [-0.1, -0.05) is 29.6 Å². The maximum Gasteiger partial charge on any atom is 0.308 e. The van der Waals surface area contributed by atoms with Crippen LogP contribution in [0, 0.1) is 11.6 Å². The third-order valence-corrected chi connectivity index (χ3v) is 6.90. The Kier molecular flexibility index (Phi) is 11.6. The number of benzene rings is 2. The van der Waals surface area contributed by atoms with Crippen LogP contribution in [0.15, 0.2) is 36.4 Å². The number of hydrogen-bond donors (Lipinski definition) is 3. The van der Waals surface area contributed by atoms with Gasteiger partial charge in [-0.2, -0.15) is 0 Å². The predicted molar refractivity (Wildman–Crippen MR) is 142 cm³/mol. The lowest BCUT2D eigenvalue weighted by Gasteiger charge is -2.18. The minimum atomic E-state index is -1.18. The monoisotopic (exact) mass is 581 g/mol. The van der Waals surface area contributed by atoms with Gasteiger partial charge in [-0.05, 0) is 29.8 Å². The number of hydrogen-bond acceptors (Lipinski definition) is 9. The van der Waals surface area contributed by atoms with Crippen LogP contribution in [-0.2, 0) is 24.0 Å². The molecule has 2 aromatic rings. The van der Waals surface area contributed by atoms with E-state index in [0.29, 0.717) is 29.6 Å². The van der Waals surface area contributed by atoms with Gasteiger partial charge >= 0.3 is 5.97 Å². The van der Waals surface area contributed by atoms with Crippen LogP contribution in [-0.4, -0.2) is 57.5 Å². The van der Waals surface area contributed by atoms with Gasteiger partial charge in [0.25, 0.3) is 0 Å². The highest BCUT2D eigenvalue weighted by Gasteiger charge is 2.26. The zero-order chi connectivity index (χ0) is 29.3. The third kappa shape index (κ3) is 9.80. The molecule has 0 fully saturated rings. The van der Waals surface area contributed by atoms with E-state index in [1.54, 1.807) is 0 Å². The first-order valence-corrected chi connectivity index (χ1v) is 13.2. The summed E-state index contributed by atoms with van der Waals surface area (Å²) in [7, 11) is 0. The molecular weight excluding hydrogens is 556 g/mol. The summed E-state index contributed by atoms with van der Waals surface area (Å²) < 4.78 is 32.8. The van der Waals surface area contributed by atoms with Gasteiger partial charge in [-0.15, -0.1) is 0 Å². The van der Waals surface area contributed by atoms with Gasteiger partial charge in [-0.3, -0.25) is 28.8 Å². The van der Waals surface area contributed by atoms with Crippen molar-refractivity contribution < 1.29 is 42.3 Å². The summed E-state index contributed by atoms with van der Waals surface area (Å²) in [6.45, 7) is 3.47. The number of esters is 1. The molecule has 0 saturated carbocycles. The highest BCUT2D eigenvalue weighted by Crippen LogP contribution is 2.31. The van der Waals surface area contributed by atoms with Crippen LogP contribution < -0.4 is 21.1 Å². The lowest BCUT2D eigenvalue weighted by molar-refractivity contribution is -0.132. The zero-order valence-corrected chi connectivity index (χ0v) is 22.7. The van der Waals surface area contributed by atoms with Crippen LogP contribution >= 0.6 is 23.5 Å². The Morgan fingerprint density at radius 2 is 1.49 bits per heavy atom. The molecule has 0 aromatic heterocycles. The summed E-state index contributed by atoms with van der Waals surface area (Å²) in [6, 6.07) is 4.54. The Labute approximate surface area is 230 Å². The van der Waals surface area contributed by atoms with E-state index < -0.39 is 57.6 Å². The van der Waals surface area contributed by atoms with E-state index in [9.17, 15) is 37.5 Å². The van der Waals surface area contributed by atoms with E-state index >= 15 is 0 Å². The van der Waals surface area contributed by atoms with Gasteiger partial charge in [0, 0.05) is 43.9 Å². The van der Waals surface area contributed by atoms with E-state index in [0.717, 1.165) is 13.0 Å². The number of ether oxygens (including phenoxy) is 1. The van der Waals surface area contributed by atoms with Gasteiger partial charge < -0.3 is 21.1 Å². The van der Waals surface area contributed by atoms with E-state index in [-0.39, 0.29) is 33.9 Å². The Hall–Kier alpha value is -3.78. The Morgan fingerprint density at radius 3 is 2.05 bits per heavy atom. The fourth-order valence-electron chi connectivity index (χ4n) is 3.18. The summed E-state index contributed by atoms with van der Waals surface area (Å²) in [6.07, 6.45) is 0. The van der Waals surface area contributed by atoms with Gasteiger partial charge in [0.1, 0.15) is 29.5 Å². The molecule has 3 amide bonds. The summed E-state index contributed by atoms with van der Waals surface area (Å²) in [5, 5.41) is 3.46. The molecule has 0 radical (unpaired) electrons. The minimum absolute atomic E-state index is 0.00398. The highest BCUT2D eigenvalue weighted by atomic mass is 32.2. The fraction of sp³-hybridized carbons (Fsp3) is 0.280. The minimum Gasteiger partial charge on any atom is -0.426 e. The number of amides is 3. The second kappa shape index (κ2) is 14.4. The van der Waals surface area contributed by atoms with E-state index in [1.807, 2.05) is 0 Å². The topological polar surface area (TPSA) is 162 Å². The number of nitrogens with one attached hydrogen (secondary N) is 2. The second-order valence-electron chi connectivity index (χ2n) is 8.07. The summed E-state index contributed by atoms with van der Waals surface area (Å²) >= 11 is 1.25. The molecule has 2 aromatic carbocycles. The lowest BCUT2D eigenvalue weighted by atomic mass is 10.0. The number of nitrogens with two attached hydrogens (primary N) is 1. The van der Waals surface area contributed by atoms with Crippen molar-refractivity contribution in [2.24, 2.45) is 5.73 Å². The highest BCUT2D eigenvalue weighted by molar-refractivity contribution is 8.15. The molecule has 208 valence electrons. The molecule has 10 nitrogen and oxygen atoms in total. The lowest BCUT2D eigenvalue weighted by Crippen LogP contribution is -2.46. The summed E-state index contributed by atoms with van der Waals surface area (Å²) in [5.41, 5.74) is 5.31. The zero-order valence-electron chi connectivity index (χ0n) is 21.0. The van der Waals surface area contributed by atoms with Crippen LogP contribution in [0.5, 0.6) is 5.75 Å². The molecule has 0 unspecified atom stereocenters. The van der Waals surface area contributed by atoms with Crippen molar-refractivity contribution in [1.82, 2.24) is 10.6 Å². The summed E-state index contributed by atoms with van der Waals surface area (Å²) in [5.74, 6) is -4.91. The molecule has 14 heteroatoms. The second-order valence-corrected chi connectivity index (χ2v) is 10.1. The van der Waals surface area contributed by atoms with Crippen molar-refractivity contribution in [3.05, 3.63) is 53.6 Å². The molecule has 0 heterocycles. The number of rotatable bonds is 11. The van der Waals surface area contributed by atoms with Gasteiger partial charge in [-0.25, -0.2) is 8.78 Å². The van der Waals surface area contributed by atoms with Crippen LogP contribution in [0.3, 0.4) is 0 Å². The van der Waals surface area contributed by atoms with Crippen molar-refractivity contribution in [2.45, 2.75) is 32.9 Å². The number of primary amides is 1. The maximum atomic E-state index is 14.3. The number of carbonyl (C=O) groups excluding carboxylic acids is 6. The SMILES string of the molecule is CC(=O)N[C@@H](CSC(=O)[C@H](CSC(=O)c1cc(-c2ccc(F)cc2F)ccc1OC(C)=O)NC(C)=O)C(N)=O. The van der Waals surface area contributed by atoms with Crippen LogP contribution in [0.1, 0.15) is 31.1 Å². The first-order chi connectivity index (χ1) is 18.3.